The quantitative estimate of drug-likeness (QED) is 0.872. The highest BCUT2D eigenvalue weighted by Crippen LogP contribution is 2.23. The summed E-state index contributed by atoms with van der Waals surface area (Å²) in [4.78, 5) is 7.39. The molecule has 2 heterocycles. The highest BCUT2D eigenvalue weighted by molar-refractivity contribution is 7.92. The molecule has 0 aromatic carbocycles. The van der Waals surface area contributed by atoms with Crippen molar-refractivity contribution >= 4 is 50.6 Å². The number of nitrogens with zero attached hydrogens (tertiary/aromatic N) is 2. The van der Waals surface area contributed by atoms with Crippen molar-refractivity contribution < 1.29 is 8.42 Å². The third-order valence-electron chi connectivity index (χ3n) is 2.04. The molecule has 0 aliphatic heterocycles. The van der Waals surface area contributed by atoms with Crippen LogP contribution in [0.2, 0.25) is 15.2 Å². The zero-order chi connectivity index (χ0) is 14.0. The summed E-state index contributed by atoms with van der Waals surface area (Å²) in [5, 5.41) is 0.435. The molecule has 9 heteroatoms. The number of aromatic nitrogens is 2. The SMILES string of the molecule is O=S(=O)(Nc1cc(Cl)ccn1)c1cnc(Cl)c(Cl)c1. The smallest absolute Gasteiger partial charge is 0.263 e. The van der Waals surface area contributed by atoms with Crippen molar-refractivity contribution in [2.45, 2.75) is 4.90 Å². The van der Waals surface area contributed by atoms with Crippen LogP contribution in [0.4, 0.5) is 5.82 Å². The van der Waals surface area contributed by atoms with Crippen molar-refractivity contribution in [2.24, 2.45) is 0 Å². The lowest BCUT2D eigenvalue weighted by Gasteiger charge is -2.07. The highest BCUT2D eigenvalue weighted by Gasteiger charge is 2.17. The van der Waals surface area contributed by atoms with E-state index in [1.165, 1.54) is 24.4 Å². The maximum Gasteiger partial charge on any atom is 0.264 e. The summed E-state index contributed by atoms with van der Waals surface area (Å²) in [7, 11) is -3.85. The predicted molar refractivity (Wildman–Crippen MR) is 74.3 cm³/mol. The second-order valence-electron chi connectivity index (χ2n) is 3.41. The van der Waals surface area contributed by atoms with Crippen LogP contribution in [0.3, 0.4) is 0 Å². The predicted octanol–water partition coefficient (Wildman–Crippen LogP) is 3.24. The fourth-order valence-electron chi connectivity index (χ4n) is 1.21. The number of halogens is 3. The van der Waals surface area contributed by atoms with Gasteiger partial charge in [-0.25, -0.2) is 18.4 Å². The third-order valence-corrected chi connectivity index (χ3v) is 4.29. The van der Waals surface area contributed by atoms with E-state index in [1.807, 2.05) is 0 Å². The van der Waals surface area contributed by atoms with Gasteiger partial charge in [0.05, 0.1) is 5.02 Å². The molecule has 0 amide bonds. The average Bonchev–Trinajstić information content (AvgIpc) is 2.32. The van der Waals surface area contributed by atoms with Crippen LogP contribution in [0, 0.1) is 0 Å². The molecule has 2 rings (SSSR count). The van der Waals surface area contributed by atoms with Crippen molar-refractivity contribution in [3.63, 3.8) is 0 Å². The maximum atomic E-state index is 12.0. The molecule has 0 saturated heterocycles. The monoisotopic (exact) mass is 337 g/mol. The van der Waals surface area contributed by atoms with Gasteiger partial charge in [0.15, 0.2) is 0 Å². The van der Waals surface area contributed by atoms with Crippen LogP contribution in [0.1, 0.15) is 0 Å². The normalized spacial score (nSPS) is 11.3. The molecule has 0 spiro atoms. The van der Waals surface area contributed by atoms with E-state index in [-0.39, 0.29) is 20.9 Å². The van der Waals surface area contributed by atoms with Crippen molar-refractivity contribution in [1.82, 2.24) is 9.97 Å². The zero-order valence-corrected chi connectivity index (χ0v) is 12.2. The summed E-state index contributed by atoms with van der Waals surface area (Å²) in [6, 6.07) is 4.11. The summed E-state index contributed by atoms with van der Waals surface area (Å²) < 4.78 is 26.3. The molecule has 100 valence electrons. The number of pyridine rings is 2. The van der Waals surface area contributed by atoms with Crippen LogP contribution in [0.25, 0.3) is 0 Å². The molecule has 0 fully saturated rings. The molecule has 19 heavy (non-hydrogen) atoms. The lowest BCUT2D eigenvalue weighted by Crippen LogP contribution is -2.14. The van der Waals surface area contributed by atoms with Gasteiger partial charge in [-0.1, -0.05) is 34.8 Å². The van der Waals surface area contributed by atoms with Crippen LogP contribution in [0.5, 0.6) is 0 Å². The highest BCUT2D eigenvalue weighted by atomic mass is 35.5. The van der Waals surface area contributed by atoms with E-state index < -0.39 is 10.0 Å². The van der Waals surface area contributed by atoms with Crippen LogP contribution in [0.15, 0.2) is 35.5 Å². The Hall–Kier alpha value is -1.08. The Balaban J connectivity index is 2.35. The van der Waals surface area contributed by atoms with Gasteiger partial charge in [0, 0.05) is 23.5 Å². The first kappa shape index (κ1) is 14.3. The van der Waals surface area contributed by atoms with Gasteiger partial charge in [-0.3, -0.25) is 4.72 Å². The Labute approximate surface area is 124 Å². The lowest BCUT2D eigenvalue weighted by molar-refractivity contribution is 0.600. The maximum absolute atomic E-state index is 12.0. The first-order valence-electron chi connectivity index (χ1n) is 4.84. The fraction of sp³-hybridized carbons (Fsp3) is 0. The average molecular weight is 339 g/mol. The molecule has 2 aromatic rings. The first-order chi connectivity index (χ1) is 8.88. The van der Waals surface area contributed by atoms with Crippen LogP contribution in [-0.4, -0.2) is 18.4 Å². The molecular formula is C10H6Cl3N3O2S. The molecule has 5 nitrogen and oxygen atoms in total. The Morgan fingerprint density at radius 2 is 1.84 bits per heavy atom. The largest absolute Gasteiger partial charge is 0.264 e. The van der Waals surface area contributed by atoms with Gasteiger partial charge in [-0.05, 0) is 12.1 Å². The zero-order valence-electron chi connectivity index (χ0n) is 9.14. The molecule has 0 saturated carbocycles. The standard InChI is InChI=1S/C10H6Cl3N3O2S/c11-6-1-2-14-9(3-6)16-19(17,18)7-4-8(12)10(13)15-5-7/h1-5H,(H,14,16). The Morgan fingerprint density at radius 3 is 2.47 bits per heavy atom. The van der Waals surface area contributed by atoms with E-state index in [2.05, 4.69) is 14.7 Å². The molecule has 0 atom stereocenters. The molecular weight excluding hydrogens is 333 g/mol. The Kier molecular flexibility index (Phi) is 4.15. The number of hydrogen-bond acceptors (Lipinski definition) is 4. The summed E-state index contributed by atoms with van der Waals surface area (Å²) in [5.74, 6) is 0.0959. The fourth-order valence-corrected chi connectivity index (χ4v) is 2.67. The number of sulfonamides is 1. The Bertz CT molecular complexity index is 722. The number of anilines is 1. The number of nitrogens with one attached hydrogen (secondary N) is 1. The first-order valence-corrected chi connectivity index (χ1v) is 7.45. The van der Waals surface area contributed by atoms with Crippen LogP contribution >= 0.6 is 34.8 Å². The molecule has 0 radical (unpaired) electrons. The molecule has 1 N–H and O–H groups in total. The number of rotatable bonds is 3. The molecule has 0 unspecified atom stereocenters. The lowest BCUT2D eigenvalue weighted by atomic mass is 10.5. The molecule has 0 bridgehead atoms. The minimum Gasteiger partial charge on any atom is -0.263 e. The molecule has 0 aliphatic rings. The van der Waals surface area contributed by atoms with Gasteiger partial charge < -0.3 is 0 Å². The topological polar surface area (TPSA) is 72.0 Å². The molecule has 2 aromatic heterocycles. The Morgan fingerprint density at radius 1 is 1.11 bits per heavy atom. The summed E-state index contributed by atoms with van der Waals surface area (Å²) in [6.07, 6.45) is 2.48. The van der Waals surface area contributed by atoms with Crippen molar-refractivity contribution in [2.75, 3.05) is 4.72 Å². The minimum atomic E-state index is -3.85. The van der Waals surface area contributed by atoms with Crippen molar-refractivity contribution in [3.8, 4) is 0 Å². The second-order valence-corrected chi connectivity index (χ2v) is 6.29. The third kappa shape index (κ3) is 3.48. The summed E-state index contributed by atoms with van der Waals surface area (Å²) >= 11 is 17.1. The number of hydrogen-bond donors (Lipinski definition) is 1. The van der Waals surface area contributed by atoms with E-state index in [1.54, 1.807) is 0 Å². The van der Waals surface area contributed by atoms with E-state index >= 15 is 0 Å². The molecule has 0 aliphatic carbocycles. The van der Waals surface area contributed by atoms with Gasteiger partial charge in [0.2, 0.25) is 0 Å². The van der Waals surface area contributed by atoms with E-state index in [4.69, 9.17) is 34.8 Å². The van der Waals surface area contributed by atoms with Gasteiger partial charge >= 0.3 is 0 Å². The van der Waals surface area contributed by atoms with E-state index in [0.29, 0.717) is 5.02 Å². The van der Waals surface area contributed by atoms with Crippen LogP contribution in [-0.2, 0) is 10.0 Å². The van der Waals surface area contributed by atoms with Gasteiger partial charge in [0.1, 0.15) is 15.9 Å². The van der Waals surface area contributed by atoms with Crippen LogP contribution < -0.4 is 4.72 Å². The summed E-state index contributed by atoms with van der Waals surface area (Å²) in [5.41, 5.74) is 0. The minimum absolute atomic E-state index is 0.0292. The van der Waals surface area contributed by atoms with Crippen molar-refractivity contribution in [1.29, 1.82) is 0 Å². The van der Waals surface area contributed by atoms with Gasteiger partial charge in [-0.15, -0.1) is 0 Å². The van der Waals surface area contributed by atoms with Gasteiger partial charge in [-0.2, -0.15) is 0 Å². The van der Waals surface area contributed by atoms with Crippen molar-refractivity contribution in [3.05, 3.63) is 45.8 Å². The van der Waals surface area contributed by atoms with Gasteiger partial charge in [0.25, 0.3) is 10.0 Å². The second kappa shape index (κ2) is 5.50. The van der Waals surface area contributed by atoms with E-state index in [0.717, 1.165) is 6.20 Å². The summed E-state index contributed by atoms with van der Waals surface area (Å²) in [6.45, 7) is 0. The van der Waals surface area contributed by atoms with E-state index in [9.17, 15) is 8.42 Å².